The largest absolute Gasteiger partial charge is 0.573 e. The molecule has 0 N–H and O–H groups in total. The minimum Gasteiger partial charge on any atom is -0.406 e. The van der Waals surface area contributed by atoms with Gasteiger partial charge in [-0.05, 0) is 37.1 Å². The normalized spacial score (nSPS) is 22.2. The van der Waals surface area contributed by atoms with Crippen molar-refractivity contribution in [2.45, 2.75) is 31.8 Å². The summed E-state index contributed by atoms with van der Waals surface area (Å²) in [6, 6.07) is 5.76. The van der Waals surface area contributed by atoms with E-state index in [1.807, 2.05) is 16.7 Å². The number of rotatable bonds is 4. The SMILES string of the molecule is O=C(C1CCCN1Cc1ccc(OC(F)(F)F)cc1)N1CCSCC1. The summed E-state index contributed by atoms with van der Waals surface area (Å²) >= 11 is 1.87. The Labute approximate surface area is 149 Å². The first-order chi connectivity index (χ1) is 11.9. The standard InChI is InChI=1S/C17H21F3N2O2S/c18-17(19,20)24-14-5-3-13(4-6-14)12-22-7-1-2-15(22)16(23)21-8-10-25-11-9-21/h3-6,15H,1-2,7-12H2. The highest BCUT2D eigenvalue weighted by atomic mass is 32.2. The van der Waals surface area contributed by atoms with Gasteiger partial charge in [0.25, 0.3) is 0 Å². The average molecular weight is 374 g/mol. The summed E-state index contributed by atoms with van der Waals surface area (Å²) in [6.45, 7) is 3.00. The van der Waals surface area contributed by atoms with E-state index in [-0.39, 0.29) is 17.7 Å². The summed E-state index contributed by atoms with van der Waals surface area (Å²) in [4.78, 5) is 16.8. The molecule has 3 rings (SSSR count). The zero-order valence-corrected chi connectivity index (χ0v) is 14.6. The molecule has 1 aromatic carbocycles. The Morgan fingerprint density at radius 2 is 1.84 bits per heavy atom. The van der Waals surface area contributed by atoms with Gasteiger partial charge < -0.3 is 9.64 Å². The number of ether oxygens (including phenoxy) is 1. The summed E-state index contributed by atoms with van der Waals surface area (Å²) in [5, 5.41) is 0. The van der Waals surface area contributed by atoms with Crippen molar-refractivity contribution < 1.29 is 22.7 Å². The molecule has 138 valence electrons. The highest BCUT2D eigenvalue weighted by Crippen LogP contribution is 2.26. The Hall–Kier alpha value is -1.41. The van der Waals surface area contributed by atoms with Crippen LogP contribution in [0.5, 0.6) is 5.75 Å². The smallest absolute Gasteiger partial charge is 0.406 e. The fraction of sp³-hybridized carbons (Fsp3) is 0.588. The van der Waals surface area contributed by atoms with Gasteiger partial charge in [0, 0.05) is 31.1 Å². The molecular formula is C17H21F3N2O2S. The summed E-state index contributed by atoms with van der Waals surface area (Å²) in [5.74, 6) is 1.93. The fourth-order valence-corrected chi connectivity index (χ4v) is 4.22. The molecule has 2 aliphatic heterocycles. The number of hydrogen-bond acceptors (Lipinski definition) is 4. The molecule has 2 fully saturated rings. The lowest BCUT2D eigenvalue weighted by Gasteiger charge is -2.32. The lowest BCUT2D eigenvalue weighted by Crippen LogP contribution is -2.48. The van der Waals surface area contributed by atoms with E-state index in [0.29, 0.717) is 6.54 Å². The maximum Gasteiger partial charge on any atom is 0.573 e. The topological polar surface area (TPSA) is 32.8 Å². The number of benzene rings is 1. The van der Waals surface area contributed by atoms with E-state index in [4.69, 9.17) is 0 Å². The number of nitrogens with zero attached hydrogens (tertiary/aromatic N) is 2. The molecule has 1 unspecified atom stereocenters. The fourth-order valence-electron chi connectivity index (χ4n) is 3.32. The third-order valence-corrected chi connectivity index (χ3v) is 5.46. The number of halogens is 3. The number of alkyl halides is 3. The van der Waals surface area contributed by atoms with Gasteiger partial charge in [-0.15, -0.1) is 13.2 Å². The molecule has 1 amide bonds. The molecule has 0 radical (unpaired) electrons. The Bertz CT molecular complexity index is 589. The molecule has 0 saturated carbocycles. The van der Waals surface area contributed by atoms with Crippen LogP contribution in [0.25, 0.3) is 0 Å². The minimum absolute atomic E-state index is 0.116. The van der Waals surface area contributed by atoms with E-state index in [0.717, 1.165) is 49.5 Å². The van der Waals surface area contributed by atoms with Crippen molar-refractivity contribution in [3.05, 3.63) is 29.8 Å². The number of amides is 1. The Morgan fingerprint density at radius 1 is 1.16 bits per heavy atom. The molecule has 0 aliphatic carbocycles. The first kappa shape index (κ1) is 18.4. The van der Waals surface area contributed by atoms with E-state index in [1.165, 1.54) is 12.1 Å². The minimum atomic E-state index is -4.68. The zero-order valence-electron chi connectivity index (χ0n) is 13.8. The Kier molecular flexibility index (Phi) is 5.78. The molecular weight excluding hydrogens is 353 g/mol. The highest BCUT2D eigenvalue weighted by molar-refractivity contribution is 7.99. The lowest BCUT2D eigenvalue weighted by atomic mass is 10.1. The maximum absolute atomic E-state index is 12.7. The van der Waals surface area contributed by atoms with Crippen molar-refractivity contribution in [1.82, 2.24) is 9.80 Å². The molecule has 4 nitrogen and oxygen atoms in total. The van der Waals surface area contributed by atoms with E-state index < -0.39 is 6.36 Å². The van der Waals surface area contributed by atoms with E-state index in [1.54, 1.807) is 12.1 Å². The van der Waals surface area contributed by atoms with Gasteiger partial charge >= 0.3 is 6.36 Å². The number of carbonyl (C=O) groups is 1. The second-order valence-electron chi connectivity index (χ2n) is 6.26. The van der Waals surface area contributed by atoms with Crippen LogP contribution < -0.4 is 4.74 Å². The van der Waals surface area contributed by atoms with Crippen LogP contribution in [0.3, 0.4) is 0 Å². The van der Waals surface area contributed by atoms with Crippen LogP contribution >= 0.6 is 11.8 Å². The quantitative estimate of drug-likeness (QED) is 0.811. The van der Waals surface area contributed by atoms with Crippen molar-refractivity contribution in [2.24, 2.45) is 0 Å². The predicted octanol–water partition coefficient (Wildman–Crippen LogP) is 3.13. The Balaban J connectivity index is 1.60. The lowest BCUT2D eigenvalue weighted by molar-refractivity contribution is -0.274. The van der Waals surface area contributed by atoms with Gasteiger partial charge in [-0.2, -0.15) is 11.8 Å². The van der Waals surface area contributed by atoms with Crippen molar-refractivity contribution in [1.29, 1.82) is 0 Å². The number of thioether (sulfide) groups is 1. The van der Waals surface area contributed by atoms with Crippen LogP contribution in [0.2, 0.25) is 0 Å². The summed E-state index contributed by atoms with van der Waals surface area (Å²) in [6.07, 6.45) is -2.87. The predicted molar refractivity (Wildman–Crippen MR) is 90.5 cm³/mol. The number of likely N-dealkylation sites (tertiary alicyclic amines) is 1. The summed E-state index contributed by atoms with van der Waals surface area (Å²) < 4.78 is 40.5. The average Bonchev–Trinajstić information content (AvgIpc) is 3.03. The van der Waals surface area contributed by atoms with Crippen LogP contribution in [0.1, 0.15) is 18.4 Å². The first-order valence-corrected chi connectivity index (χ1v) is 9.53. The monoisotopic (exact) mass is 374 g/mol. The van der Waals surface area contributed by atoms with Gasteiger partial charge in [0.05, 0.1) is 6.04 Å². The third kappa shape index (κ3) is 5.04. The number of hydrogen-bond donors (Lipinski definition) is 0. The van der Waals surface area contributed by atoms with Gasteiger partial charge in [0.1, 0.15) is 5.75 Å². The van der Waals surface area contributed by atoms with Crippen molar-refractivity contribution in [3.8, 4) is 5.75 Å². The molecule has 2 heterocycles. The van der Waals surface area contributed by atoms with Gasteiger partial charge in [-0.1, -0.05) is 12.1 Å². The molecule has 0 spiro atoms. The van der Waals surface area contributed by atoms with E-state index >= 15 is 0 Å². The Morgan fingerprint density at radius 3 is 2.48 bits per heavy atom. The maximum atomic E-state index is 12.7. The first-order valence-electron chi connectivity index (χ1n) is 8.38. The molecule has 8 heteroatoms. The summed E-state index contributed by atoms with van der Waals surface area (Å²) in [7, 11) is 0. The van der Waals surface area contributed by atoms with Gasteiger partial charge in [0.2, 0.25) is 5.91 Å². The highest BCUT2D eigenvalue weighted by Gasteiger charge is 2.34. The van der Waals surface area contributed by atoms with E-state index in [2.05, 4.69) is 9.64 Å². The van der Waals surface area contributed by atoms with Crippen LogP contribution in [0.4, 0.5) is 13.2 Å². The molecule has 0 aromatic heterocycles. The second kappa shape index (κ2) is 7.86. The molecule has 25 heavy (non-hydrogen) atoms. The molecule has 1 atom stereocenters. The number of carbonyl (C=O) groups excluding carboxylic acids is 1. The molecule has 0 bridgehead atoms. The van der Waals surface area contributed by atoms with Crippen molar-refractivity contribution in [2.75, 3.05) is 31.1 Å². The molecule has 1 aromatic rings. The third-order valence-electron chi connectivity index (χ3n) is 4.51. The van der Waals surface area contributed by atoms with Gasteiger partial charge in [0.15, 0.2) is 0 Å². The zero-order chi connectivity index (χ0) is 17.9. The summed E-state index contributed by atoms with van der Waals surface area (Å²) in [5.41, 5.74) is 0.878. The van der Waals surface area contributed by atoms with Crippen LogP contribution in [-0.4, -0.2) is 59.3 Å². The van der Waals surface area contributed by atoms with Gasteiger partial charge in [-0.25, -0.2) is 0 Å². The molecule has 2 aliphatic rings. The second-order valence-corrected chi connectivity index (χ2v) is 7.48. The van der Waals surface area contributed by atoms with Gasteiger partial charge in [-0.3, -0.25) is 9.69 Å². The van der Waals surface area contributed by atoms with Crippen LogP contribution in [0, 0.1) is 0 Å². The van der Waals surface area contributed by atoms with Crippen molar-refractivity contribution in [3.63, 3.8) is 0 Å². The van der Waals surface area contributed by atoms with E-state index in [9.17, 15) is 18.0 Å². The van der Waals surface area contributed by atoms with Crippen LogP contribution in [0.15, 0.2) is 24.3 Å². The van der Waals surface area contributed by atoms with Crippen LogP contribution in [-0.2, 0) is 11.3 Å². The van der Waals surface area contributed by atoms with Crippen molar-refractivity contribution >= 4 is 17.7 Å². The molecule has 2 saturated heterocycles.